The van der Waals surface area contributed by atoms with Gasteiger partial charge >= 0.3 is 5.97 Å². The van der Waals surface area contributed by atoms with Crippen LogP contribution in [-0.2, 0) is 47.8 Å². The first kappa shape index (κ1) is 52.8. The van der Waals surface area contributed by atoms with Crippen LogP contribution in [0.25, 0.3) is 0 Å². The average molecular weight is 927 g/mol. The SMILES string of the molecule is NCC(=O)N[C@@H](CCCN=C(N)N)C(=O)NCC(=O)N[C@@H](CC(=O)O)C(=O)N[C@@H](CS[C@@H]1O[C@H](CO)[C@@H](O[C@@H]2O[C@H](CO)[C@H](O)[C@H](O)[C@H]2O)[C@H](O)[C@H]1O)C(=O)N1CCC[C@H]1C(N)=O. The van der Waals surface area contributed by atoms with E-state index in [1.54, 1.807) is 0 Å². The van der Waals surface area contributed by atoms with Crippen molar-refractivity contribution in [2.75, 3.05) is 45.1 Å². The van der Waals surface area contributed by atoms with E-state index in [9.17, 15) is 74.4 Å². The molecule has 3 rings (SSSR count). The summed E-state index contributed by atoms with van der Waals surface area (Å²) in [5, 5.41) is 91.2. The van der Waals surface area contributed by atoms with Crippen molar-refractivity contribution in [3.05, 3.63) is 0 Å². The number of primary amides is 1. The molecule has 3 heterocycles. The predicted octanol–water partition coefficient (Wildman–Crippen LogP) is -10.1. The molecule has 3 aliphatic rings. The molecule has 3 saturated heterocycles. The summed E-state index contributed by atoms with van der Waals surface area (Å²) in [6.45, 7) is -2.85. The normalized spacial score (nSPS) is 29.7. The van der Waals surface area contributed by atoms with Crippen LogP contribution in [0.4, 0.5) is 0 Å². The quantitative estimate of drug-likeness (QED) is 0.0257. The van der Waals surface area contributed by atoms with Crippen LogP contribution in [0.1, 0.15) is 32.1 Å². The molecule has 3 fully saturated rings. The number of ether oxygens (including phenoxy) is 3. The van der Waals surface area contributed by atoms with Crippen LogP contribution < -0.4 is 44.2 Å². The van der Waals surface area contributed by atoms with E-state index in [4.69, 9.17) is 37.1 Å². The molecular formula is C34H58N10O18S. The fourth-order valence-electron chi connectivity index (χ4n) is 6.80. The lowest BCUT2D eigenvalue weighted by molar-refractivity contribution is -0.338. The summed E-state index contributed by atoms with van der Waals surface area (Å²) in [6.07, 6.45) is -15.9. The van der Waals surface area contributed by atoms with E-state index in [0.29, 0.717) is 18.2 Å². The number of amides is 6. The first-order chi connectivity index (χ1) is 29.7. The fraction of sp³-hybridized carbons (Fsp3) is 0.765. The van der Waals surface area contributed by atoms with Gasteiger partial charge in [-0.3, -0.25) is 38.6 Å². The molecule has 63 heavy (non-hydrogen) atoms. The number of hydrogen-bond donors (Lipinski definition) is 16. The molecule has 0 aliphatic carbocycles. The summed E-state index contributed by atoms with van der Waals surface area (Å²) >= 11 is 0.624. The number of thioether (sulfide) groups is 1. The highest BCUT2D eigenvalue weighted by molar-refractivity contribution is 7.99. The van der Waals surface area contributed by atoms with Gasteiger partial charge in [0.1, 0.15) is 78.4 Å². The second-order valence-corrected chi connectivity index (χ2v) is 15.8. The molecule has 3 aliphatic heterocycles. The molecule has 0 bridgehead atoms. The Kier molecular flexibility index (Phi) is 21.0. The number of aliphatic carboxylic acids is 1. The number of aliphatic imine (C=N–C) groups is 1. The van der Waals surface area contributed by atoms with Crippen LogP contribution >= 0.6 is 11.8 Å². The first-order valence-corrected chi connectivity index (χ1v) is 20.7. The zero-order chi connectivity index (χ0) is 47.1. The molecule has 29 heteroatoms. The second kappa shape index (κ2) is 25.1. The Morgan fingerprint density at radius 1 is 0.810 bits per heavy atom. The van der Waals surface area contributed by atoms with Crippen molar-refractivity contribution in [1.82, 2.24) is 26.2 Å². The van der Waals surface area contributed by atoms with Gasteiger partial charge < -0.3 is 104 Å². The zero-order valence-electron chi connectivity index (χ0n) is 33.8. The third-order valence-electron chi connectivity index (χ3n) is 10.1. The summed E-state index contributed by atoms with van der Waals surface area (Å²) in [6, 6.07) is -5.81. The average Bonchev–Trinajstić information content (AvgIpc) is 3.74. The molecule has 28 nitrogen and oxygen atoms in total. The van der Waals surface area contributed by atoms with Gasteiger partial charge in [-0.1, -0.05) is 0 Å². The van der Waals surface area contributed by atoms with Crippen LogP contribution in [0.3, 0.4) is 0 Å². The highest BCUT2D eigenvalue weighted by atomic mass is 32.2. The monoisotopic (exact) mass is 926 g/mol. The number of likely N-dealkylation sites (tertiary alicyclic amines) is 1. The van der Waals surface area contributed by atoms with Gasteiger partial charge in [-0.2, -0.15) is 0 Å². The van der Waals surface area contributed by atoms with Crippen molar-refractivity contribution in [2.45, 2.75) is 117 Å². The van der Waals surface area contributed by atoms with E-state index in [1.165, 1.54) is 0 Å². The van der Waals surface area contributed by atoms with Crippen LogP contribution in [-0.4, -0.2) is 223 Å². The Morgan fingerprint density at radius 3 is 2.08 bits per heavy atom. The number of aliphatic hydroxyl groups is 7. The van der Waals surface area contributed by atoms with Crippen molar-refractivity contribution >= 4 is 59.1 Å². The van der Waals surface area contributed by atoms with E-state index in [1.807, 2.05) is 0 Å². The van der Waals surface area contributed by atoms with Gasteiger partial charge in [0.15, 0.2) is 12.2 Å². The number of carboxylic acids is 1. The van der Waals surface area contributed by atoms with Gasteiger partial charge in [0.25, 0.3) is 0 Å². The second-order valence-electron chi connectivity index (χ2n) is 14.7. The number of rotatable bonds is 23. The van der Waals surface area contributed by atoms with E-state index in [2.05, 4.69) is 26.3 Å². The van der Waals surface area contributed by atoms with Gasteiger partial charge in [0.2, 0.25) is 35.4 Å². The molecular weight excluding hydrogens is 868 g/mol. The summed E-state index contributed by atoms with van der Waals surface area (Å²) in [5.74, 6) is -7.86. The smallest absolute Gasteiger partial charge is 0.305 e. The number of hydrogen-bond acceptors (Lipinski definition) is 20. The minimum atomic E-state index is -1.92. The summed E-state index contributed by atoms with van der Waals surface area (Å²) in [5.41, 5.74) is 19.9. The minimum Gasteiger partial charge on any atom is -0.481 e. The maximum absolute atomic E-state index is 13.9. The number of carbonyl (C=O) groups is 7. The third kappa shape index (κ3) is 15.0. The van der Waals surface area contributed by atoms with Crippen LogP contribution in [0.5, 0.6) is 0 Å². The lowest BCUT2D eigenvalue weighted by Gasteiger charge is -2.46. The molecule has 0 unspecified atom stereocenters. The predicted molar refractivity (Wildman–Crippen MR) is 213 cm³/mol. The number of aliphatic hydroxyl groups excluding tert-OH is 7. The number of guanidine groups is 1. The van der Waals surface area contributed by atoms with Crippen LogP contribution in [0, 0.1) is 0 Å². The molecule has 0 saturated carbocycles. The lowest BCUT2D eigenvalue weighted by atomic mass is 9.97. The van der Waals surface area contributed by atoms with Crippen LogP contribution in [0.15, 0.2) is 4.99 Å². The van der Waals surface area contributed by atoms with Gasteiger partial charge in [-0.25, -0.2) is 0 Å². The van der Waals surface area contributed by atoms with Gasteiger partial charge in [-0.15, -0.1) is 11.8 Å². The van der Waals surface area contributed by atoms with Crippen molar-refractivity contribution in [2.24, 2.45) is 27.9 Å². The van der Waals surface area contributed by atoms with E-state index < -0.39 is 165 Å². The van der Waals surface area contributed by atoms with E-state index in [-0.39, 0.29) is 38.3 Å². The number of carbonyl (C=O) groups excluding carboxylic acids is 6. The third-order valence-corrected chi connectivity index (χ3v) is 11.3. The number of carboxylic acid groups (broad SMARTS) is 1. The number of nitrogens with one attached hydrogen (secondary N) is 4. The highest BCUT2D eigenvalue weighted by Crippen LogP contribution is 2.33. The summed E-state index contributed by atoms with van der Waals surface area (Å²) < 4.78 is 16.6. The molecule has 20 N–H and O–H groups in total. The minimum absolute atomic E-state index is 0.0140. The van der Waals surface area contributed by atoms with Gasteiger partial charge in [0, 0.05) is 18.8 Å². The molecule has 0 radical (unpaired) electrons. The number of nitrogens with zero attached hydrogens (tertiary/aromatic N) is 2. The highest BCUT2D eigenvalue weighted by Gasteiger charge is 2.51. The zero-order valence-corrected chi connectivity index (χ0v) is 34.7. The molecule has 0 aromatic carbocycles. The van der Waals surface area contributed by atoms with Gasteiger partial charge in [0.05, 0.1) is 32.7 Å². The summed E-state index contributed by atoms with van der Waals surface area (Å²) in [4.78, 5) is 94.3. The first-order valence-electron chi connectivity index (χ1n) is 19.7. The fourth-order valence-corrected chi connectivity index (χ4v) is 7.99. The van der Waals surface area contributed by atoms with Crippen LogP contribution in [0.2, 0.25) is 0 Å². The Bertz CT molecular complexity index is 1630. The lowest BCUT2D eigenvalue weighted by Crippen LogP contribution is -2.64. The Labute approximate surface area is 363 Å². The van der Waals surface area contributed by atoms with Crippen molar-refractivity contribution < 1.29 is 88.6 Å². The van der Waals surface area contributed by atoms with Crippen molar-refractivity contribution in [1.29, 1.82) is 0 Å². The number of nitrogens with two attached hydrogens (primary N) is 4. The Morgan fingerprint density at radius 2 is 1.48 bits per heavy atom. The van der Waals surface area contributed by atoms with Crippen molar-refractivity contribution in [3.8, 4) is 0 Å². The van der Waals surface area contributed by atoms with E-state index >= 15 is 0 Å². The topological polar surface area (TPSA) is 477 Å². The molecule has 0 aromatic rings. The maximum Gasteiger partial charge on any atom is 0.305 e. The molecule has 358 valence electrons. The maximum atomic E-state index is 13.9. The largest absolute Gasteiger partial charge is 0.481 e. The Hall–Kier alpha value is -4.53. The molecule has 6 amide bonds. The van der Waals surface area contributed by atoms with Gasteiger partial charge in [-0.05, 0) is 25.7 Å². The van der Waals surface area contributed by atoms with Crippen molar-refractivity contribution in [3.63, 3.8) is 0 Å². The Balaban J connectivity index is 1.76. The molecule has 0 spiro atoms. The van der Waals surface area contributed by atoms with E-state index in [0.717, 1.165) is 4.90 Å². The molecule has 0 aromatic heterocycles. The molecule has 14 atom stereocenters. The summed E-state index contributed by atoms with van der Waals surface area (Å²) in [7, 11) is 0. The standard InChI is InChI=1S/C34H58N10O18S/c35-8-19(47)41-13(3-1-5-39-34(37)38)29(57)40-9-20(48)42-14(7-21(49)50)30(58)43-15(31(59)44-6-2-4-16(44)28(36)56)12-63-33-26(55)24(53)27(18(11-46)61-33)62-32-25(54)23(52)22(51)17(10-45)60-32/h13-18,22-27,32-33,45-46,51-55H,1-12,35H2,(H2,36,56)(H,40,57)(H,41,47)(H,42,48)(H,43,58)(H,49,50)(H4,37,38,39)/t13-,14-,15-,16-,17+,18+,22-,23-,24+,25+,26+,27+,32-,33-/m0/s1.